The van der Waals surface area contributed by atoms with Gasteiger partial charge >= 0.3 is 0 Å². The van der Waals surface area contributed by atoms with E-state index in [1.54, 1.807) is 4.31 Å². The normalized spacial score (nSPS) is 26.4. The fourth-order valence-electron chi connectivity index (χ4n) is 2.17. The van der Waals surface area contributed by atoms with Gasteiger partial charge in [0.25, 0.3) is 0 Å². The Bertz CT molecular complexity index is 322. The molecule has 0 unspecified atom stereocenters. The van der Waals surface area contributed by atoms with Crippen LogP contribution in [-0.4, -0.2) is 56.9 Å². The molecule has 1 heterocycles. The number of ether oxygens (including phenoxy) is 1. The minimum atomic E-state index is -3.12. The monoisotopic (exact) mass is 278 g/mol. The predicted molar refractivity (Wildman–Crippen MR) is 73.1 cm³/mol. The molecule has 0 spiro atoms. The molecule has 1 N–H and O–H groups in total. The number of morpholine rings is 1. The van der Waals surface area contributed by atoms with Crippen molar-refractivity contribution < 1.29 is 13.2 Å². The van der Waals surface area contributed by atoms with Gasteiger partial charge in [0.05, 0.1) is 18.0 Å². The first-order valence-electron chi connectivity index (χ1n) is 6.79. The summed E-state index contributed by atoms with van der Waals surface area (Å²) in [6, 6.07) is 0. The van der Waals surface area contributed by atoms with Crippen LogP contribution in [0.1, 0.15) is 33.6 Å². The fourth-order valence-corrected chi connectivity index (χ4v) is 3.81. The maximum absolute atomic E-state index is 12.2. The summed E-state index contributed by atoms with van der Waals surface area (Å²) in [5.41, 5.74) is 0. The van der Waals surface area contributed by atoms with Crippen LogP contribution in [0, 0.1) is 0 Å². The number of hydrogen-bond acceptors (Lipinski definition) is 4. The summed E-state index contributed by atoms with van der Waals surface area (Å²) < 4.78 is 31.4. The van der Waals surface area contributed by atoms with E-state index in [0.717, 1.165) is 19.5 Å². The van der Waals surface area contributed by atoms with Crippen molar-refractivity contribution in [3.63, 3.8) is 0 Å². The van der Waals surface area contributed by atoms with Crippen LogP contribution < -0.4 is 5.32 Å². The molecule has 0 amide bonds. The van der Waals surface area contributed by atoms with Gasteiger partial charge in [0, 0.05) is 13.1 Å². The first-order chi connectivity index (χ1) is 8.45. The third-order valence-electron chi connectivity index (χ3n) is 2.96. The van der Waals surface area contributed by atoms with Crippen molar-refractivity contribution in [1.82, 2.24) is 9.62 Å². The van der Waals surface area contributed by atoms with Gasteiger partial charge < -0.3 is 10.1 Å². The highest BCUT2D eigenvalue weighted by Crippen LogP contribution is 2.15. The van der Waals surface area contributed by atoms with Crippen molar-refractivity contribution in [3.8, 4) is 0 Å². The van der Waals surface area contributed by atoms with Crippen LogP contribution in [0.2, 0.25) is 0 Å². The van der Waals surface area contributed by atoms with Gasteiger partial charge in [0.1, 0.15) is 0 Å². The first kappa shape index (κ1) is 15.9. The smallest absolute Gasteiger partial charge is 0.214 e. The van der Waals surface area contributed by atoms with Crippen LogP contribution in [0.3, 0.4) is 0 Å². The Morgan fingerprint density at radius 3 is 2.39 bits per heavy atom. The van der Waals surface area contributed by atoms with Crippen LogP contribution >= 0.6 is 0 Å². The Kier molecular flexibility index (Phi) is 6.55. The van der Waals surface area contributed by atoms with Gasteiger partial charge in [-0.1, -0.05) is 6.92 Å². The van der Waals surface area contributed by atoms with E-state index in [1.807, 2.05) is 13.8 Å². The molecule has 1 aliphatic rings. The van der Waals surface area contributed by atoms with Crippen LogP contribution in [0.25, 0.3) is 0 Å². The molecule has 0 aromatic carbocycles. The Morgan fingerprint density at radius 1 is 1.22 bits per heavy atom. The fraction of sp³-hybridized carbons (Fsp3) is 1.00. The lowest BCUT2D eigenvalue weighted by molar-refractivity contribution is -0.0440. The highest BCUT2D eigenvalue weighted by molar-refractivity contribution is 7.89. The van der Waals surface area contributed by atoms with Gasteiger partial charge in [-0.2, -0.15) is 4.31 Å². The SMILES string of the molecule is CCCNCCCS(=O)(=O)N1C[C@@H](C)O[C@@H](C)C1. The van der Waals surface area contributed by atoms with Crippen LogP contribution in [-0.2, 0) is 14.8 Å². The first-order valence-corrected chi connectivity index (χ1v) is 8.40. The van der Waals surface area contributed by atoms with Crippen molar-refractivity contribution in [3.05, 3.63) is 0 Å². The number of hydrogen-bond donors (Lipinski definition) is 1. The van der Waals surface area contributed by atoms with Crippen molar-refractivity contribution in [2.24, 2.45) is 0 Å². The van der Waals surface area contributed by atoms with Crippen molar-refractivity contribution >= 4 is 10.0 Å². The Hall–Kier alpha value is -0.170. The highest BCUT2D eigenvalue weighted by atomic mass is 32.2. The minimum absolute atomic E-state index is 0.0123. The van der Waals surface area contributed by atoms with Gasteiger partial charge in [-0.05, 0) is 39.8 Å². The van der Waals surface area contributed by atoms with Gasteiger partial charge in [0.2, 0.25) is 10.0 Å². The predicted octanol–water partition coefficient (Wildman–Crippen LogP) is 0.815. The van der Waals surface area contributed by atoms with E-state index in [0.29, 0.717) is 19.5 Å². The summed E-state index contributed by atoms with van der Waals surface area (Å²) in [7, 11) is -3.12. The molecule has 0 aromatic rings. The zero-order chi connectivity index (χ0) is 13.6. The molecule has 1 rings (SSSR count). The molecule has 108 valence electrons. The molecule has 1 saturated heterocycles. The molecule has 1 fully saturated rings. The lowest BCUT2D eigenvalue weighted by Crippen LogP contribution is -2.48. The van der Waals surface area contributed by atoms with E-state index >= 15 is 0 Å². The second-order valence-electron chi connectivity index (χ2n) is 4.99. The van der Waals surface area contributed by atoms with Crippen LogP contribution in [0.4, 0.5) is 0 Å². The Morgan fingerprint density at radius 2 is 1.83 bits per heavy atom. The molecule has 0 radical (unpaired) electrons. The number of nitrogens with one attached hydrogen (secondary N) is 1. The maximum atomic E-state index is 12.2. The van der Waals surface area contributed by atoms with Gasteiger partial charge in [-0.25, -0.2) is 8.42 Å². The molecular formula is C12H26N2O3S. The summed E-state index contributed by atoms with van der Waals surface area (Å²) in [5, 5.41) is 3.22. The average molecular weight is 278 g/mol. The summed E-state index contributed by atoms with van der Waals surface area (Å²) in [4.78, 5) is 0. The minimum Gasteiger partial charge on any atom is -0.373 e. The van der Waals surface area contributed by atoms with E-state index in [9.17, 15) is 8.42 Å². The number of nitrogens with zero attached hydrogens (tertiary/aromatic N) is 1. The standard InChI is InChI=1S/C12H26N2O3S/c1-4-6-13-7-5-8-18(15,16)14-9-11(2)17-12(3)10-14/h11-13H,4-10H2,1-3H3/t11-,12+. The second-order valence-corrected chi connectivity index (χ2v) is 7.08. The molecule has 0 aliphatic carbocycles. The van der Waals surface area contributed by atoms with Gasteiger partial charge in [-0.15, -0.1) is 0 Å². The lowest BCUT2D eigenvalue weighted by Gasteiger charge is -2.34. The zero-order valence-electron chi connectivity index (χ0n) is 11.7. The van der Waals surface area contributed by atoms with E-state index in [2.05, 4.69) is 12.2 Å². The van der Waals surface area contributed by atoms with Crippen molar-refractivity contribution in [1.29, 1.82) is 0 Å². The van der Waals surface area contributed by atoms with Crippen LogP contribution in [0.15, 0.2) is 0 Å². The second kappa shape index (κ2) is 7.43. The van der Waals surface area contributed by atoms with Gasteiger partial charge in [-0.3, -0.25) is 0 Å². The Balaban J connectivity index is 2.38. The van der Waals surface area contributed by atoms with E-state index in [-0.39, 0.29) is 18.0 Å². The van der Waals surface area contributed by atoms with E-state index in [4.69, 9.17) is 4.74 Å². The molecule has 18 heavy (non-hydrogen) atoms. The average Bonchev–Trinajstić information content (AvgIpc) is 2.27. The number of sulfonamides is 1. The summed E-state index contributed by atoms with van der Waals surface area (Å²) >= 11 is 0. The Labute approximate surface area is 111 Å². The molecular weight excluding hydrogens is 252 g/mol. The third-order valence-corrected chi connectivity index (χ3v) is 4.85. The zero-order valence-corrected chi connectivity index (χ0v) is 12.5. The van der Waals surface area contributed by atoms with Gasteiger partial charge in [0.15, 0.2) is 0 Å². The highest BCUT2D eigenvalue weighted by Gasteiger charge is 2.30. The summed E-state index contributed by atoms with van der Waals surface area (Å²) in [5.74, 6) is 0.225. The topological polar surface area (TPSA) is 58.6 Å². The summed E-state index contributed by atoms with van der Waals surface area (Å²) in [6.45, 7) is 8.61. The molecule has 0 bridgehead atoms. The van der Waals surface area contributed by atoms with Crippen molar-refractivity contribution in [2.45, 2.75) is 45.8 Å². The molecule has 1 aliphatic heterocycles. The molecule has 0 aromatic heterocycles. The molecule has 6 heteroatoms. The lowest BCUT2D eigenvalue weighted by atomic mass is 10.3. The molecule has 0 saturated carbocycles. The molecule has 5 nitrogen and oxygen atoms in total. The third kappa shape index (κ3) is 5.22. The quantitative estimate of drug-likeness (QED) is 0.700. The number of rotatable bonds is 7. The van der Waals surface area contributed by atoms with E-state index in [1.165, 1.54) is 0 Å². The van der Waals surface area contributed by atoms with Crippen molar-refractivity contribution in [2.75, 3.05) is 31.9 Å². The molecule has 2 atom stereocenters. The van der Waals surface area contributed by atoms with E-state index < -0.39 is 10.0 Å². The summed E-state index contributed by atoms with van der Waals surface area (Å²) in [6.07, 6.45) is 1.72. The largest absolute Gasteiger partial charge is 0.373 e. The van der Waals surface area contributed by atoms with Crippen LogP contribution in [0.5, 0.6) is 0 Å². The maximum Gasteiger partial charge on any atom is 0.214 e.